The summed E-state index contributed by atoms with van der Waals surface area (Å²) in [6, 6.07) is 5.99. The monoisotopic (exact) mass is 335 g/mol. The van der Waals surface area contributed by atoms with Crippen molar-refractivity contribution in [1.82, 2.24) is 19.8 Å². The number of hydrogen-bond donors (Lipinski definition) is 1. The number of carbonyl (C=O) groups is 1. The number of nitrogens with two attached hydrogens (primary N) is 1. The summed E-state index contributed by atoms with van der Waals surface area (Å²) < 4.78 is 7.08. The Morgan fingerprint density at radius 2 is 1.91 bits per heavy atom. The van der Waals surface area contributed by atoms with Crippen molar-refractivity contribution in [3.63, 3.8) is 0 Å². The maximum absolute atomic E-state index is 11.6. The predicted octanol–water partition coefficient (Wildman–Crippen LogP) is 1.37. The largest absolute Gasteiger partial charge is 0.486 e. The molecule has 7 nitrogen and oxygen atoms in total. The first kappa shape index (κ1) is 17.1. The predicted molar refractivity (Wildman–Crippen MR) is 89.8 cm³/mol. The van der Waals surface area contributed by atoms with Crippen LogP contribution in [0.2, 0.25) is 0 Å². The second kappa shape index (κ2) is 7.36. The lowest BCUT2D eigenvalue weighted by Gasteiger charge is -2.09. The smallest absolute Gasteiger partial charge is 0.232 e. The number of hydrogen-bond acceptors (Lipinski definition) is 6. The minimum Gasteiger partial charge on any atom is -0.486 e. The van der Waals surface area contributed by atoms with Crippen LogP contribution >= 0.6 is 11.8 Å². The average molecular weight is 335 g/mol. The fourth-order valence-electron chi connectivity index (χ4n) is 1.92. The third kappa shape index (κ3) is 4.62. The molecular weight excluding hydrogens is 314 g/mol. The molecule has 0 spiro atoms. The minimum absolute atomic E-state index is 0.00830. The number of benzene rings is 1. The Morgan fingerprint density at radius 3 is 2.52 bits per heavy atom. The summed E-state index contributed by atoms with van der Waals surface area (Å²) in [5, 5.41) is 8.50. The Labute approximate surface area is 139 Å². The van der Waals surface area contributed by atoms with E-state index in [1.54, 1.807) is 14.1 Å². The summed E-state index contributed by atoms with van der Waals surface area (Å²) in [4.78, 5) is 13.1. The molecule has 124 valence electrons. The van der Waals surface area contributed by atoms with Crippen molar-refractivity contribution in [3.8, 4) is 5.75 Å². The molecule has 0 aliphatic heterocycles. The van der Waals surface area contributed by atoms with Crippen molar-refractivity contribution >= 4 is 17.7 Å². The van der Waals surface area contributed by atoms with Gasteiger partial charge in [0.2, 0.25) is 11.1 Å². The van der Waals surface area contributed by atoms with Crippen LogP contribution in [0.15, 0.2) is 23.4 Å². The second-order valence-corrected chi connectivity index (χ2v) is 6.40. The fourth-order valence-corrected chi connectivity index (χ4v) is 2.78. The Hall–Kier alpha value is -2.22. The molecule has 1 heterocycles. The van der Waals surface area contributed by atoms with E-state index in [1.165, 1.54) is 21.3 Å². The van der Waals surface area contributed by atoms with E-state index in [-0.39, 0.29) is 18.3 Å². The van der Waals surface area contributed by atoms with Crippen molar-refractivity contribution in [1.29, 1.82) is 0 Å². The van der Waals surface area contributed by atoms with Crippen molar-refractivity contribution in [2.45, 2.75) is 25.6 Å². The maximum Gasteiger partial charge on any atom is 0.232 e. The first-order valence-corrected chi connectivity index (χ1v) is 8.09. The summed E-state index contributed by atoms with van der Waals surface area (Å²) >= 11 is 1.25. The van der Waals surface area contributed by atoms with Crippen LogP contribution in [0, 0.1) is 13.8 Å². The van der Waals surface area contributed by atoms with Crippen LogP contribution in [0.25, 0.3) is 0 Å². The van der Waals surface area contributed by atoms with Crippen LogP contribution in [-0.2, 0) is 11.4 Å². The third-order valence-corrected chi connectivity index (χ3v) is 4.05. The van der Waals surface area contributed by atoms with Crippen LogP contribution in [0.4, 0.5) is 0 Å². The van der Waals surface area contributed by atoms with Crippen LogP contribution in [0.5, 0.6) is 5.75 Å². The molecule has 0 fully saturated rings. The zero-order valence-electron chi connectivity index (χ0n) is 13.7. The zero-order valence-corrected chi connectivity index (χ0v) is 14.6. The van der Waals surface area contributed by atoms with Gasteiger partial charge in [-0.05, 0) is 37.1 Å². The van der Waals surface area contributed by atoms with Gasteiger partial charge in [-0.2, -0.15) is 0 Å². The Bertz CT molecular complexity index is 679. The summed E-state index contributed by atoms with van der Waals surface area (Å²) in [5.74, 6) is 7.48. The summed E-state index contributed by atoms with van der Waals surface area (Å²) in [7, 11) is 3.42. The number of carbonyl (C=O) groups excluding carboxylic acids is 1. The van der Waals surface area contributed by atoms with E-state index in [0.29, 0.717) is 11.0 Å². The molecule has 0 bridgehead atoms. The molecule has 1 amide bonds. The quantitative estimate of drug-likeness (QED) is 0.634. The number of amides is 1. The molecule has 2 aromatic rings. The number of aryl methyl sites for hydroxylation is 2. The van der Waals surface area contributed by atoms with E-state index < -0.39 is 0 Å². The number of aromatic nitrogens is 3. The van der Waals surface area contributed by atoms with Gasteiger partial charge in [-0.1, -0.05) is 17.8 Å². The van der Waals surface area contributed by atoms with Gasteiger partial charge in [0.05, 0.1) is 5.75 Å². The highest BCUT2D eigenvalue weighted by molar-refractivity contribution is 7.99. The van der Waals surface area contributed by atoms with Gasteiger partial charge >= 0.3 is 0 Å². The molecule has 2 N–H and O–H groups in total. The van der Waals surface area contributed by atoms with E-state index in [1.807, 2.05) is 26.0 Å². The molecule has 0 radical (unpaired) electrons. The first-order chi connectivity index (χ1) is 10.9. The van der Waals surface area contributed by atoms with Crippen molar-refractivity contribution in [3.05, 3.63) is 35.2 Å². The number of rotatable bonds is 6. The lowest BCUT2D eigenvalue weighted by atomic mass is 10.1. The van der Waals surface area contributed by atoms with Crippen molar-refractivity contribution in [2.75, 3.05) is 25.7 Å². The Morgan fingerprint density at radius 1 is 1.26 bits per heavy atom. The lowest BCUT2D eigenvalue weighted by Crippen LogP contribution is -2.24. The molecule has 23 heavy (non-hydrogen) atoms. The molecule has 0 unspecified atom stereocenters. The van der Waals surface area contributed by atoms with Crippen molar-refractivity contribution in [2.24, 2.45) is 0 Å². The van der Waals surface area contributed by atoms with Gasteiger partial charge in [0, 0.05) is 14.1 Å². The number of ether oxygens (including phenoxy) is 1. The molecule has 0 atom stereocenters. The maximum atomic E-state index is 11.6. The van der Waals surface area contributed by atoms with Gasteiger partial charge in [-0.15, -0.1) is 10.2 Å². The van der Waals surface area contributed by atoms with Crippen LogP contribution in [0.1, 0.15) is 17.0 Å². The molecule has 2 rings (SSSR count). The van der Waals surface area contributed by atoms with Crippen LogP contribution in [-0.4, -0.2) is 45.5 Å². The Kier molecular flexibility index (Phi) is 5.49. The van der Waals surface area contributed by atoms with Gasteiger partial charge in [0.1, 0.15) is 12.4 Å². The highest BCUT2D eigenvalue weighted by Gasteiger charge is 2.13. The molecule has 1 aromatic carbocycles. The topological polar surface area (TPSA) is 86.3 Å². The summed E-state index contributed by atoms with van der Waals surface area (Å²) in [5.41, 5.74) is 2.26. The van der Waals surface area contributed by atoms with Crippen LogP contribution < -0.4 is 10.6 Å². The SMILES string of the molecule is Cc1cc(C)cc(OCc2nnc(SCC(=O)N(C)C)n2N)c1. The third-order valence-electron chi connectivity index (χ3n) is 3.12. The normalized spacial score (nSPS) is 10.6. The van der Waals surface area contributed by atoms with Crippen LogP contribution in [0.3, 0.4) is 0 Å². The molecule has 0 saturated heterocycles. The second-order valence-electron chi connectivity index (χ2n) is 5.46. The van der Waals surface area contributed by atoms with E-state index in [9.17, 15) is 4.79 Å². The Balaban J connectivity index is 1.97. The zero-order chi connectivity index (χ0) is 17.0. The molecule has 8 heteroatoms. The van der Waals surface area contributed by atoms with E-state index >= 15 is 0 Å². The number of thioether (sulfide) groups is 1. The highest BCUT2D eigenvalue weighted by Crippen LogP contribution is 2.19. The fraction of sp³-hybridized carbons (Fsp3) is 0.400. The number of nitrogens with zero attached hydrogens (tertiary/aromatic N) is 4. The standard InChI is InChI=1S/C15H21N5O2S/c1-10-5-11(2)7-12(6-10)22-8-13-17-18-15(20(13)16)23-9-14(21)19(3)4/h5-7H,8-9,16H2,1-4H3. The minimum atomic E-state index is -0.00830. The van der Waals surface area contributed by atoms with Crippen molar-refractivity contribution < 1.29 is 9.53 Å². The van der Waals surface area contributed by atoms with Gasteiger partial charge in [-0.25, -0.2) is 4.68 Å². The van der Waals surface area contributed by atoms with Gasteiger partial charge < -0.3 is 15.5 Å². The summed E-state index contributed by atoms with van der Waals surface area (Å²) in [6.07, 6.45) is 0. The number of nitrogen functional groups attached to an aromatic ring is 1. The summed E-state index contributed by atoms with van der Waals surface area (Å²) in [6.45, 7) is 4.25. The first-order valence-electron chi connectivity index (χ1n) is 7.10. The molecule has 0 aliphatic rings. The average Bonchev–Trinajstić information content (AvgIpc) is 2.82. The molecule has 1 aromatic heterocycles. The highest BCUT2D eigenvalue weighted by atomic mass is 32.2. The van der Waals surface area contributed by atoms with Gasteiger partial charge in [0.25, 0.3) is 0 Å². The van der Waals surface area contributed by atoms with E-state index in [4.69, 9.17) is 10.6 Å². The lowest BCUT2D eigenvalue weighted by molar-refractivity contribution is -0.125. The molecule has 0 saturated carbocycles. The van der Waals surface area contributed by atoms with Gasteiger partial charge in [-0.3, -0.25) is 4.79 Å². The van der Waals surface area contributed by atoms with E-state index in [0.717, 1.165) is 16.9 Å². The molecular formula is C15H21N5O2S. The van der Waals surface area contributed by atoms with Gasteiger partial charge in [0.15, 0.2) is 5.82 Å². The van der Waals surface area contributed by atoms with E-state index in [2.05, 4.69) is 16.3 Å². The molecule has 0 aliphatic carbocycles.